The van der Waals surface area contributed by atoms with Gasteiger partial charge < -0.3 is 0 Å². The summed E-state index contributed by atoms with van der Waals surface area (Å²) in [6.45, 7) is -0.887. The van der Waals surface area contributed by atoms with Gasteiger partial charge in [0.1, 0.15) is 5.00 Å². The molecule has 0 radical (unpaired) electrons. The van der Waals surface area contributed by atoms with Crippen molar-refractivity contribution >= 4 is 63.8 Å². The fourth-order valence-corrected chi connectivity index (χ4v) is 6.68. The highest BCUT2D eigenvalue weighted by atomic mass is 35.5. The van der Waals surface area contributed by atoms with Crippen molar-refractivity contribution in [3.05, 3.63) is 53.6 Å². The molecule has 1 N–H and O–H groups in total. The van der Waals surface area contributed by atoms with Crippen LogP contribution in [0.5, 0.6) is 0 Å². The van der Waals surface area contributed by atoms with Crippen molar-refractivity contribution in [1.29, 1.82) is 0 Å². The molecule has 0 unspecified atom stereocenters. The summed E-state index contributed by atoms with van der Waals surface area (Å²) in [5.74, 6) is 0. The number of thiophene rings is 1. The standard InChI is InChI=1S/C18H16ClF3N2O4S3/c1-30(25,26)23-12-5-4-6-13(11-12)31(27,28)24(10-9-18(20,21)22)17-16(19)14-7-2-3-8-15(14)29-17/h2-8,11,23H,9-10H2,1H3. The number of fused-ring (bicyclic) bond motifs is 1. The minimum absolute atomic E-state index is 0.0248. The van der Waals surface area contributed by atoms with Crippen LogP contribution in [0.4, 0.5) is 23.9 Å². The lowest BCUT2D eigenvalue weighted by molar-refractivity contribution is -0.131. The Morgan fingerprint density at radius 3 is 2.35 bits per heavy atom. The Bertz CT molecular complexity index is 1320. The van der Waals surface area contributed by atoms with E-state index < -0.39 is 39.2 Å². The average molecular weight is 513 g/mol. The number of hydrogen-bond acceptors (Lipinski definition) is 5. The highest BCUT2D eigenvalue weighted by Gasteiger charge is 2.34. The van der Waals surface area contributed by atoms with E-state index in [1.165, 1.54) is 18.2 Å². The van der Waals surface area contributed by atoms with Crippen LogP contribution in [-0.2, 0) is 20.0 Å². The molecule has 0 saturated heterocycles. The van der Waals surface area contributed by atoms with E-state index in [1.54, 1.807) is 24.3 Å². The first kappa shape index (κ1) is 23.6. The first-order valence-electron chi connectivity index (χ1n) is 8.62. The number of halogens is 4. The molecule has 3 rings (SSSR count). The maximum atomic E-state index is 13.3. The van der Waals surface area contributed by atoms with E-state index in [4.69, 9.17) is 11.6 Å². The Hall–Kier alpha value is -2.02. The second-order valence-corrected chi connectivity index (χ2v) is 11.6. The number of sulfonamides is 2. The number of nitrogens with zero attached hydrogens (tertiary/aromatic N) is 1. The monoisotopic (exact) mass is 512 g/mol. The molecule has 0 bridgehead atoms. The van der Waals surface area contributed by atoms with Gasteiger partial charge in [-0.2, -0.15) is 13.2 Å². The minimum Gasteiger partial charge on any atom is -0.284 e. The lowest BCUT2D eigenvalue weighted by Crippen LogP contribution is -2.34. The first-order chi connectivity index (χ1) is 14.3. The Morgan fingerprint density at radius 2 is 1.74 bits per heavy atom. The van der Waals surface area contributed by atoms with Crippen molar-refractivity contribution in [2.24, 2.45) is 0 Å². The Labute approximate surface area is 186 Å². The SMILES string of the molecule is CS(=O)(=O)Nc1cccc(S(=O)(=O)N(CCC(F)(F)F)c2sc3ccccc3c2Cl)c1. The lowest BCUT2D eigenvalue weighted by Gasteiger charge is -2.24. The van der Waals surface area contributed by atoms with Crippen molar-refractivity contribution in [3.63, 3.8) is 0 Å². The molecule has 3 aromatic rings. The van der Waals surface area contributed by atoms with E-state index in [9.17, 15) is 30.0 Å². The molecule has 0 fully saturated rings. The highest BCUT2D eigenvalue weighted by molar-refractivity contribution is 7.93. The van der Waals surface area contributed by atoms with Gasteiger partial charge in [-0.1, -0.05) is 35.9 Å². The predicted octanol–water partition coefficient (Wildman–Crippen LogP) is 5.07. The third kappa shape index (κ3) is 5.62. The van der Waals surface area contributed by atoms with Crippen LogP contribution in [0.15, 0.2) is 53.4 Å². The molecule has 31 heavy (non-hydrogen) atoms. The van der Waals surface area contributed by atoms with Crippen molar-refractivity contribution in [1.82, 2.24) is 0 Å². The van der Waals surface area contributed by atoms with Crippen molar-refractivity contribution < 1.29 is 30.0 Å². The summed E-state index contributed by atoms with van der Waals surface area (Å²) in [5.41, 5.74) is -0.0400. The molecule has 0 aliphatic carbocycles. The average Bonchev–Trinajstić information content (AvgIpc) is 2.96. The van der Waals surface area contributed by atoms with E-state index in [-0.39, 0.29) is 20.6 Å². The quantitative estimate of drug-likeness (QED) is 0.479. The van der Waals surface area contributed by atoms with Gasteiger partial charge in [-0.3, -0.25) is 9.03 Å². The van der Waals surface area contributed by atoms with Crippen LogP contribution in [0, 0.1) is 0 Å². The van der Waals surface area contributed by atoms with Gasteiger partial charge in [-0.15, -0.1) is 11.3 Å². The molecule has 1 heterocycles. The number of anilines is 2. The fourth-order valence-electron chi connectivity index (χ4n) is 2.78. The molecule has 6 nitrogen and oxygen atoms in total. The summed E-state index contributed by atoms with van der Waals surface area (Å²) >= 11 is 7.30. The van der Waals surface area contributed by atoms with Crippen LogP contribution in [-0.4, -0.2) is 35.8 Å². The molecular formula is C18H16ClF3N2O4S3. The summed E-state index contributed by atoms with van der Waals surface area (Å²) in [4.78, 5) is -0.378. The summed E-state index contributed by atoms with van der Waals surface area (Å²) in [6, 6.07) is 11.5. The molecule has 0 aliphatic rings. The number of nitrogens with one attached hydrogen (secondary N) is 1. The second kappa shape index (κ2) is 8.49. The Balaban J connectivity index is 2.12. The van der Waals surface area contributed by atoms with E-state index in [0.29, 0.717) is 14.4 Å². The fraction of sp³-hybridized carbons (Fsp3) is 0.222. The van der Waals surface area contributed by atoms with Gasteiger partial charge in [0.15, 0.2) is 0 Å². The van der Waals surface area contributed by atoms with Gasteiger partial charge in [0.2, 0.25) is 10.0 Å². The molecule has 1 aromatic heterocycles. The van der Waals surface area contributed by atoms with Gasteiger partial charge in [0, 0.05) is 22.3 Å². The molecule has 168 valence electrons. The number of hydrogen-bond donors (Lipinski definition) is 1. The van der Waals surface area contributed by atoms with Gasteiger partial charge in [0.25, 0.3) is 10.0 Å². The second-order valence-electron chi connectivity index (χ2n) is 6.56. The normalized spacial score (nSPS) is 12.8. The molecule has 0 amide bonds. The van der Waals surface area contributed by atoms with E-state index in [0.717, 1.165) is 23.7 Å². The minimum atomic E-state index is -4.60. The number of benzene rings is 2. The molecule has 0 saturated carbocycles. The topological polar surface area (TPSA) is 83.5 Å². The Morgan fingerprint density at radius 1 is 1.06 bits per heavy atom. The van der Waals surface area contributed by atoms with Crippen molar-refractivity contribution in [3.8, 4) is 0 Å². The van der Waals surface area contributed by atoms with Crippen LogP contribution >= 0.6 is 22.9 Å². The third-order valence-electron chi connectivity index (χ3n) is 4.07. The maximum absolute atomic E-state index is 13.3. The molecule has 0 spiro atoms. The van der Waals surface area contributed by atoms with Crippen molar-refractivity contribution in [2.75, 3.05) is 21.8 Å². The van der Waals surface area contributed by atoms with Crippen LogP contribution in [0.1, 0.15) is 6.42 Å². The van der Waals surface area contributed by atoms with Gasteiger partial charge in [0.05, 0.1) is 22.6 Å². The zero-order chi connectivity index (χ0) is 23.0. The molecule has 2 aromatic carbocycles. The number of rotatable bonds is 7. The number of alkyl halides is 3. The van der Waals surface area contributed by atoms with Crippen LogP contribution in [0.25, 0.3) is 10.1 Å². The lowest BCUT2D eigenvalue weighted by atomic mass is 10.3. The first-order valence-corrected chi connectivity index (χ1v) is 13.1. The largest absolute Gasteiger partial charge is 0.390 e. The Kier molecular flexibility index (Phi) is 6.47. The smallest absolute Gasteiger partial charge is 0.284 e. The summed E-state index contributed by atoms with van der Waals surface area (Å²) in [5, 5.41) is 0.495. The zero-order valence-electron chi connectivity index (χ0n) is 15.8. The van der Waals surface area contributed by atoms with E-state index in [1.807, 2.05) is 0 Å². The molecular weight excluding hydrogens is 497 g/mol. The highest BCUT2D eigenvalue weighted by Crippen LogP contribution is 2.44. The third-order valence-corrected chi connectivity index (χ3v) is 8.27. The van der Waals surface area contributed by atoms with E-state index in [2.05, 4.69) is 4.72 Å². The summed E-state index contributed by atoms with van der Waals surface area (Å²) < 4.78 is 91.8. The van der Waals surface area contributed by atoms with Gasteiger partial charge in [-0.05, 0) is 24.3 Å². The summed E-state index contributed by atoms with van der Waals surface area (Å²) in [6.07, 6.45) is -5.10. The maximum Gasteiger partial charge on any atom is 0.390 e. The van der Waals surface area contributed by atoms with Gasteiger partial charge >= 0.3 is 6.18 Å². The van der Waals surface area contributed by atoms with E-state index >= 15 is 0 Å². The van der Waals surface area contributed by atoms with Gasteiger partial charge in [-0.25, -0.2) is 16.8 Å². The molecule has 0 aliphatic heterocycles. The zero-order valence-corrected chi connectivity index (χ0v) is 19.1. The predicted molar refractivity (Wildman–Crippen MR) is 117 cm³/mol. The molecule has 0 atom stereocenters. The van der Waals surface area contributed by atoms with Crippen molar-refractivity contribution in [2.45, 2.75) is 17.5 Å². The van der Waals surface area contributed by atoms with Crippen LogP contribution in [0.2, 0.25) is 5.02 Å². The summed E-state index contributed by atoms with van der Waals surface area (Å²) in [7, 11) is -8.19. The molecule has 13 heteroatoms. The van der Waals surface area contributed by atoms with Crippen LogP contribution < -0.4 is 9.03 Å². The van der Waals surface area contributed by atoms with Crippen LogP contribution in [0.3, 0.4) is 0 Å².